The molecule has 0 saturated carbocycles. The van der Waals surface area contributed by atoms with Crippen LogP contribution >= 0.6 is 0 Å². The second kappa shape index (κ2) is 7.09. The van der Waals surface area contributed by atoms with Crippen molar-refractivity contribution < 1.29 is 35.5 Å². The Morgan fingerprint density at radius 3 is 2.20 bits per heavy atom. The van der Waals surface area contributed by atoms with E-state index in [1.807, 2.05) is 0 Å². The van der Waals surface area contributed by atoms with Crippen LogP contribution in [0.2, 0.25) is 0 Å². The molecule has 0 heterocycles. The lowest BCUT2D eigenvalue weighted by Gasteiger charge is -2.11. The maximum atomic E-state index is 14.0. The quantitative estimate of drug-likeness (QED) is 0.813. The number of carbonyl (C=O) groups excluding carboxylic acids is 1. The summed E-state index contributed by atoms with van der Waals surface area (Å²) in [6.07, 6.45) is 0.671. The summed E-state index contributed by atoms with van der Waals surface area (Å²) in [5.41, 5.74) is -1.26. The highest BCUT2D eigenvalue weighted by atomic mass is 32.2. The Labute approximate surface area is 140 Å². The maximum Gasteiger partial charge on any atom is 0.267 e. The van der Waals surface area contributed by atoms with Gasteiger partial charge in [0.2, 0.25) is 10.0 Å². The molecule has 5 nitrogen and oxygen atoms in total. The zero-order valence-electron chi connectivity index (χ0n) is 12.6. The van der Waals surface area contributed by atoms with Gasteiger partial charge in [-0.05, 0) is 24.3 Å². The van der Waals surface area contributed by atoms with E-state index in [-0.39, 0.29) is 0 Å². The van der Waals surface area contributed by atoms with Crippen molar-refractivity contribution in [3.8, 4) is 5.75 Å². The second-order valence-corrected chi connectivity index (χ2v) is 6.71. The summed E-state index contributed by atoms with van der Waals surface area (Å²) in [7, 11) is -3.96. The molecule has 2 rings (SSSR count). The second-order valence-electron chi connectivity index (χ2n) is 4.97. The van der Waals surface area contributed by atoms with Gasteiger partial charge in [-0.1, -0.05) is 6.07 Å². The van der Waals surface area contributed by atoms with E-state index in [0.717, 1.165) is 18.2 Å². The minimum Gasteiger partial charge on any atom is -0.483 e. The van der Waals surface area contributed by atoms with Crippen LogP contribution in [0, 0.1) is 23.3 Å². The molecule has 0 spiro atoms. The normalized spacial score (nSPS) is 11.2. The SMILES string of the molecule is CS(=O)(=O)NC(=O)c1cc(F)c(COc2c(F)cccc2F)cc1F. The predicted molar refractivity (Wildman–Crippen MR) is 79.4 cm³/mol. The average molecular weight is 377 g/mol. The number of hydrogen-bond acceptors (Lipinski definition) is 4. The number of sulfonamides is 1. The molecule has 0 atom stereocenters. The van der Waals surface area contributed by atoms with Crippen LogP contribution in [0.25, 0.3) is 0 Å². The van der Waals surface area contributed by atoms with Gasteiger partial charge in [0.05, 0.1) is 11.8 Å². The van der Waals surface area contributed by atoms with Crippen molar-refractivity contribution in [2.75, 3.05) is 6.26 Å². The summed E-state index contributed by atoms with van der Waals surface area (Å²) < 4.78 is 82.9. The van der Waals surface area contributed by atoms with Gasteiger partial charge in [0, 0.05) is 5.56 Å². The smallest absolute Gasteiger partial charge is 0.267 e. The van der Waals surface area contributed by atoms with Crippen molar-refractivity contribution >= 4 is 15.9 Å². The molecule has 10 heteroatoms. The molecule has 0 aliphatic carbocycles. The molecule has 0 fully saturated rings. The first-order chi connectivity index (χ1) is 11.6. The van der Waals surface area contributed by atoms with Crippen molar-refractivity contribution in [3.63, 3.8) is 0 Å². The van der Waals surface area contributed by atoms with Crippen molar-refractivity contribution in [2.24, 2.45) is 0 Å². The number of ether oxygens (including phenoxy) is 1. The van der Waals surface area contributed by atoms with Crippen LogP contribution in [0.1, 0.15) is 15.9 Å². The predicted octanol–water partition coefficient (Wildman–Crippen LogP) is 2.51. The summed E-state index contributed by atoms with van der Waals surface area (Å²) >= 11 is 0. The Kier molecular flexibility index (Phi) is 5.31. The fraction of sp³-hybridized carbons (Fsp3) is 0.133. The van der Waals surface area contributed by atoms with Crippen LogP contribution < -0.4 is 9.46 Å². The van der Waals surface area contributed by atoms with Crippen molar-refractivity contribution in [2.45, 2.75) is 6.61 Å². The summed E-state index contributed by atoms with van der Waals surface area (Å²) in [6.45, 7) is -0.714. The number of para-hydroxylation sites is 1. The van der Waals surface area contributed by atoms with Crippen molar-refractivity contribution in [1.82, 2.24) is 4.72 Å². The fourth-order valence-corrected chi connectivity index (χ4v) is 2.31. The first-order valence-corrected chi connectivity index (χ1v) is 8.54. The number of benzene rings is 2. The Bertz CT molecular complexity index is 911. The lowest BCUT2D eigenvalue weighted by Crippen LogP contribution is -2.30. The highest BCUT2D eigenvalue weighted by molar-refractivity contribution is 7.89. The Balaban J connectivity index is 2.24. The summed E-state index contributed by atoms with van der Waals surface area (Å²) in [5.74, 6) is -6.50. The van der Waals surface area contributed by atoms with Crippen LogP contribution in [0.15, 0.2) is 30.3 Å². The van der Waals surface area contributed by atoms with E-state index in [2.05, 4.69) is 0 Å². The van der Waals surface area contributed by atoms with E-state index in [0.29, 0.717) is 18.4 Å². The lowest BCUT2D eigenvalue weighted by molar-refractivity contribution is 0.0977. The molecule has 134 valence electrons. The van der Waals surface area contributed by atoms with Crippen molar-refractivity contribution in [3.05, 3.63) is 64.7 Å². The molecule has 0 radical (unpaired) electrons. The molecule has 1 N–H and O–H groups in total. The van der Waals surface area contributed by atoms with E-state index >= 15 is 0 Å². The molecule has 0 saturated heterocycles. The molecule has 0 aliphatic rings. The molecule has 0 bridgehead atoms. The maximum absolute atomic E-state index is 14.0. The number of halogens is 4. The first kappa shape index (κ1) is 18.7. The Morgan fingerprint density at radius 1 is 1.04 bits per heavy atom. The van der Waals surface area contributed by atoms with Crippen LogP contribution in [0.5, 0.6) is 5.75 Å². The Hall–Kier alpha value is -2.62. The van der Waals surface area contributed by atoms with Gasteiger partial charge in [-0.2, -0.15) is 0 Å². The standard InChI is InChI=1S/C15H11F4NO4S/c1-25(22,23)20-15(21)9-6-12(18)8(5-13(9)19)7-24-14-10(16)3-2-4-11(14)17/h2-6H,7H2,1H3,(H,20,21). The van der Waals surface area contributed by atoms with Gasteiger partial charge >= 0.3 is 0 Å². The molecular weight excluding hydrogens is 366 g/mol. The van der Waals surface area contributed by atoms with Gasteiger partial charge in [-0.25, -0.2) is 30.7 Å². The van der Waals surface area contributed by atoms with Gasteiger partial charge < -0.3 is 4.74 Å². The monoisotopic (exact) mass is 377 g/mol. The van der Waals surface area contributed by atoms with Gasteiger partial charge in [-0.15, -0.1) is 0 Å². The van der Waals surface area contributed by atoms with Gasteiger partial charge in [0.15, 0.2) is 17.4 Å². The number of amides is 1. The molecule has 0 aliphatic heterocycles. The topological polar surface area (TPSA) is 72.5 Å². The summed E-state index contributed by atoms with van der Waals surface area (Å²) in [4.78, 5) is 11.6. The third kappa shape index (κ3) is 4.69. The van der Waals surface area contributed by atoms with Crippen LogP contribution in [0.3, 0.4) is 0 Å². The average Bonchev–Trinajstić information content (AvgIpc) is 2.47. The number of nitrogens with one attached hydrogen (secondary N) is 1. The number of rotatable bonds is 5. The van der Waals surface area contributed by atoms with Crippen LogP contribution in [0.4, 0.5) is 17.6 Å². The van der Waals surface area contributed by atoms with E-state index < -0.39 is 62.7 Å². The zero-order chi connectivity index (χ0) is 18.8. The Morgan fingerprint density at radius 2 is 1.64 bits per heavy atom. The number of carbonyl (C=O) groups is 1. The van der Waals surface area contributed by atoms with Crippen molar-refractivity contribution in [1.29, 1.82) is 0 Å². The molecule has 2 aromatic rings. The van der Waals surface area contributed by atoms with Gasteiger partial charge in [-0.3, -0.25) is 4.79 Å². The first-order valence-electron chi connectivity index (χ1n) is 6.65. The molecule has 0 aromatic heterocycles. The molecule has 25 heavy (non-hydrogen) atoms. The highest BCUT2D eigenvalue weighted by Gasteiger charge is 2.19. The molecule has 2 aromatic carbocycles. The van der Waals surface area contributed by atoms with Gasteiger partial charge in [0.25, 0.3) is 5.91 Å². The molecule has 0 unspecified atom stereocenters. The number of hydrogen-bond donors (Lipinski definition) is 1. The van der Waals surface area contributed by atoms with E-state index in [1.165, 1.54) is 4.72 Å². The molecule has 1 amide bonds. The largest absolute Gasteiger partial charge is 0.483 e. The minimum absolute atomic E-state index is 0.420. The fourth-order valence-electron chi connectivity index (χ4n) is 1.87. The van der Waals surface area contributed by atoms with E-state index in [1.54, 1.807) is 0 Å². The van der Waals surface area contributed by atoms with Gasteiger partial charge in [0.1, 0.15) is 18.2 Å². The summed E-state index contributed by atoms with van der Waals surface area (Å²) in [6, 6.07) is 3.99. The van der Waals surface area contributed by atoms with E-state index in [4.69, 9.17) is 4.74 Å². The van der Waals surface area contributed by atoms with Crippen LogP contribution in [-0.2, 0) is 16.6 Å². The summed E-state index contributed by atoms with van der Waals surface area (Å²) in [5, 5.41) is 0. The minimum atomic E-state index is -3.96. The third-order valence-electron chi connectivity index (χ3n) is 2.95. The lowest BCUT2D eigenvalue weighted by atomic mass is 10.1. The third-order valence-corrected chi connectivity index (χ3v) is 3.51. The molecular formula is C15H11F4NO4S. The highest BCUT2D eigenvalue weighted by Crippen LogP contribution is 2.23. The van der Waals surface area contributed by atoms with Crippen LogP contribution in [-0.4, -0.2) is 20.6 Å². The van der Waals surface area contributed by atoms with E-state index in [9.17, 15) is 30.8 Å². The zero-order valence-corrected chi connectivity index (χ0v) is 13.5.